The minimum absolute atomic E-state index is 0. The monoisotopic (exact) mass is 1180 g/mol. The van der Waals surface area contributed by atoms with Crippen molar-refractivity contribution in [3.8, 4) is 28.6 Å². The van der Waals surface area contributed by atoms with Crippen LogP contribution < -0.4 is 25.2 Å². The van der Waals surface area contributed by atoms with Gasteiger partial charge in [0, 0.05) is 91.0 Å². The van der Waals surface area contributed by atoms with Crippen molar-refractivity contribution >= 4 is 81.1 Å². The minimum atomic E-state index is -2.82. The number of ether oxygens (including phenoxy) is 1. The molecule has 5 heterocycles. The van der Waals surface area contributed by atoms with Crippen LogP contribution in [0.25, 0.3) is 60.9 Å². The second kappa shape index (κ2) is 21.4. The first-order valence-electron chi connectivity index (χ1n) is 30.3. The topological polar surface area (TPSA) is 62.5 Å². The van der Waals surface area contributed by atoms with Crippen molar-refractivity contribution in [2.45, 2.75) is 26.2 Å². The standard InChI is InChI=1S/C65H52B2N7O.Pt/c1-65(2,3)47-40-53(55-23-18-36-68-34-16-14-32-66-55)63(54(41-47)56-24-19-37-69-35-17-15-33-67-56)73-44-72(60-28-12-13-29-61(60)73)48-38-46(45-20-6-5-7-21-45)39-50(42-48)75-49-30-31-52-51-22-8-10-26-58(51)74(62(52)43-49)64-70-57-25-9-11-27-59(57)71(64)4;/h5-41,44,68-69H,1-4H3;/q-3;/b32-14-,33-15-,34-16-,35-17-,36-18-,37-19-,55-23-,56-24-;/i4D3,5D,6D,7D,8D,10D,20D,21D,22D,26D;. The third kappa shape index (κ3) is 9.73. The van der Waals surface area contributed by atoms with Crippen LogP contribution in [0.4, 0.5) is 22.7 Å². The zero-order valence-corrected chi connectivity index (χ0v) is 43.6. The van der Waals surface area contributed by atoms with E-state index in [2.05, 4.69) is 87.3 Å². The second-order valence-corrected chi connectivity index (χ2v) is 18.7. The molecule has 0 spiro atoms. The van der Waals surface area contributed by atoms with Crippen LogP contribution in [-0.4, -0.2) is 28.7 Å². The Morgan fingerprint density at radius 1 is 0.645 bits per heavy atom. The Morgan fingerprint density at radius 3 is 2.01 bits per heavy atom. The Kier molecular flexibility index (Phi) is 10.5. The van der Waals surface area contributed by atoms with Crippen molar-refractivity contribution in [2.75, 3.05) is 9.80 Å². The zero-order chi connectivity index (χ0) is 61.2. The number of allylic oxidation sites excluding steroid dienone is 8. The molecule has 2 aromatic heterocycles. The van der Waals surface area contributed by atoms with Gasteiger partial charge in [0.05, 0.1) is 23.4 Å². The molecule has 0 aliphatic carbocycles. The summed E-state index contributed by atoms with van der Waals surface area (Å²) in [6, 6.07) is 27.6. The first kappa shape index (κ1) is 37.3. The number of para-hydroxylation sites is 5. The average molecular weight is 1180 g/mol. The molecule has 76 heavy (non-hydrogen) atoms. The van der Waals surface area contributed by atoms with Gasteiger partial charge in [-0.25, -0.2) is 4.98 Å². The van der Waals surface area contributed by atoms with Gasteiger partial charge in [0.1, 0.15) is 0 Å². The molecule has 8 nitrogen and oxygen atoms in total. The molecule has 0 amide bonds. The van der Waals surface area contributed by atoms with Crippen molar-refractivity contribution in [3.05, 3.63) is 260 Å². The van der Waals surface area contributed by atoms with E-state index >= 15 is 0 Å². The summed E-state index contributed by atoms with van der Waals surface area (Å²) in [6.45, 7) is 5.67. The summed E-state index contributed by atoms with van der Waals surface area (Å²) in [5.41, 5.74) is 7.70. The molecule has 0 atom stereocenters. The smallest absolute Gasteiger partial charge is 0.213 e. The maximum absolute atomic E-state index is 9.23. The summed E-state index contributed by atoms with van der Waals surface area (Å²) in [7, 11) is 4.15. The summed E-state index contributed by atoms with van der Waals surface area (Å²) in [6.07, 6.45) is 23.2. The van der Waals surface area contributed by atoms with E-state index in [0.717, 1.165) is 43.6 Å². The summed E-state index contributed by atoms with van der Waals surface area (Å²) in [5.74, 6) is 3.86. The molecule has 0 saturated carbocycles. The van der Waals surface area contributed by atoms with Gasteiger partial charge in [-0.2, -0.15) is 6.07 Å². The molecule has 7 aromatic carbocycles. The molecule has 12 rings (SSSR count). The Bertz CT molecular complexity index is 4490. The van der Waals surface area contributed by atoms with Crippen molar-refractivity contribution in [1.29, 1.82) is 0 Å². The Hall–Kier alpha value is -8.45. The van der Waals surface area contributed by atoms with Crippen LogP contribution in [0.1, 0.15) is 53.9 Å². The van der Waals surface area contributed by atoms with Gasteiger partial charge in [-0.3, -0.25) is 0 Å². The number of aromatic nitrogens is 3. The SMILES string of the molecule is [2H]c1c([2H])c([2H])c(-c2cc(Oc3[c-]c4c(cc3)c3c([2H])c([2H])c([2H])c([2H])c3n4-c3nc4ccccc4n3C([2H])([2H])[2H])[c-]c(N3[CH-]N(c4c(/C5=C/C=C\N/C=C\C=C/[B]5)cc(C(C)(C)C)cc4/C4=C/C=C\N/C=C\C=C/[B]4)c4ccccc43)c2)c([2H])c1[2H].[Pt]. The average Bonchev–Trinajstić information content (AvgIpc) is 1.57. The Morgan fingerprint density at radius 2 is 1.30 bits per heavy atom. The van der Waals surface area contributed by atoms with Gasteiger partial charge in [0.15, 0.2) is 14.6 Å². The predicted molar refractivity (Wildman–Crippen MR) is 313 cm³/mol. The summed E-state index contributed by atoms with van der Waals surface area (Å²) < 4.78 is 116. The normalized spacial score (nSPS) is 20.7. The number of hydrogen-bond donors (Lipinski definition) is 2. The number of nitrogens with one attached hydrogen (secondary N) is 2. The van der Waals surface area contributed by atoms with Crippen LogP contribution >= 0.6 is 0 Å². The van der Waals surface area contributed by atoms with Crippen molar-refractivity contribution in [3.63, 3.8) is 0 Å². The summed E-state index contributed by atoms with van der Waals surface area (Å²) in [5, 5.41) is 6.78. The van der Waals surface area contributed by atoms with Gasteiger partial charge in [-0.05, 0) is 99.8 Å². The van der Waals surface area contributed by atoms with Gasteiger partial charge in [0.25, 0.3) is 0 Å². The predicted octanol–water partition coefficient (Wildman–Crippen LogP) is 14.8. The number of anilines is 4. The van der Waals surface area contributed by atoms with Gasteiger partial charge in [-0.15, -0.1) is 65.6 Å². The van der Waals surface area contributed by atoms with Gasteiger partial charge in [-0.1, -0.05) is 134 Å². The van der Waals surface area contributed by atoms with Gasteiger partial charge >= 0.3 is 0 Å². The zero-order valence-electron chi connectivity index (χ0n) is 53.4. The second-order valence-electron chi connectivity index (χ2n) is 18.7. The van der Waals surface area contributed by atoms with E-state index < -0.39 is 55.3 Å². The van der Waals surface area contributed by atoms with Crippen LogP contribution in [0, 0.1) is 18.8 Å². The number of aryl methyl sites for hydroxylation is 1. The molecule has 11 heteroatoms. The maximum atomic E-state index is 9.23. The molecule has 3 aliphatic rings. The van der Waals surface area contributed by atoms with Crippen molar-refractivity contribution in [1.82, 2.24) is 24.8 Å². The van der Waals surface area contributed by atoms with Crippen LogP contribution in [0.2, 0.25) is 0 Å². The number of fused-ring (bicyclic) bond motifs is 5. The first-order valence-corrected chi connectivity index (χ1v) is 24.3. The molecular formula is C65H52B2N7OPt-3. The van der Waals surface area contributed by atoms with E-state index in [0.29, 0.717) is 22.3 Å². The van der Waals surface area contributed by atoms with E-state index in [1.807, 2.05) is 109 Å². The number of hydrogen-bond acceptors (Lipinski definition) is 6. The number of nitrogens with zero attached hydrogens (tertiary/aromatic N) is 5. The molecule has 9 aromatic rings. The van der Waals surface area contributed by atoms with Gasteiger partial charge < -0.3 is 34.3 Å². The molecule has 0 unspecified atom stereocenters. The van der Waals surface area contributed by atoms with E-state index in [4.69, 9.17) is 22.1 Å². The molecule has 2 N–H and O–H groups in total. The van der Waals surface area contributed by atoms with Crippen molar-refractivity contribution < 1.29 is 42.3 Å². The van der Waals surface area contributed by atoms with Gasteiger partial charge in [0.2, 0.25) is 5.95 Å². The largest absolute Gasteiger partial charge is 0.509 e. The third-order valence-corrected chi connectivity index (χ3v) is 12.9. The number of benzene rings is 7. The van der Waals surface area contributed by atoms with Crippen LogP contribution in [-0.2, 0) is 33.5 Å². The Balaban J connectivity index is 0.00000800. The fourth-order valence-electron chi connectivity index (χ4n) is 9.33. The summed E-state index contributed by atoms with van der Waals surface area (Å²) >= 11 is 0. The number of imidazole rings is 1. The quantitative estimate of drug-likeness (QED) is 0.117. The van der Waals surface area contributed by atoms with E-state index in [9.17, 15) is 4.11 Å². The summed E-state index contributed by atoms with van der Waals surface area (Å²) in [4.78, 5) is 8.80. The fourth-order valence-corrected chi connectivity index (χ4v) is 9.33. The minimum Gasteiger partial charge on any atom is -0.509 e. The molecule has 2 radical (unpaired) electrons. The number of rotatable bonds is 8. The molecule has 0 fully saturated rings. The molecule has 3 aliphatic heterocycles. The molecular weight excluding hydrogens is 1110 g/mol. The molecule has 0 bridgehead atoms. The van der Waals surface area contributed by atoms with Crippen LogP contribution in [0.3, 0.4) is 0 Å². The molecule has 372 valence electrons. The first-order chi connectivity index (χ1) is 41.7. The van der Waals surface area contributed by atoms with E-state index in [1.165, 1.54) is 10.6 Å². The van der Waals surface area contributed by atoms with Crippen LogP contribution in [0.5, 0.6) is 11.5 Å². The molecule has 0 saturated heterocycles. The van der Waals surface area contributed by atoms with E-state index in [-0.39, 0.29) is 83.0 Å². The van der Waals surface area contributed by atoms with E-state index in [1.54, 1.807) is 42.5 Å². The Labute approximate surface area is 477 Å². The third-order valence-electron chi connectivity index (χ3n) is 12.9. The fraction of sp³-hybridized carbons (Fsp3) is 0.0769. The van der Waals surface area contributed by atoms with Crippen LogP contribution in [0.15, 0.2) is 225 Å². The van der Waals surface area contributed by atoms with Crippen molar-refractivity contribution in [2.24, 2.45) is 6.98 Å². The maximum Gasteiger partial charge on any atom is 0.213 e.